The summed E-state index contributed by atoms with van der Waals surface area (Å²) in [7, 11) is 0. The first-order chi connectivity index (χ1) is 13.5. The van der Waals surface area contributed by atoms with E-state index in [9.17, 15) is 26.7 Å². The quantitative estimate of drug-likeness (QED) is 0.479. The zero-order valence-electron chi connectivity index (χ0n) is 14.7. The molecule has 0 aliphatic heterocycles. The van der Waals surface area contributed by atoms with E-state index in [0.717, 1.165) is 16.0 Å². The molecule has 0 saturated carbocycles. The lowest BCUT2D eigenvalue weighted by Crippen LogP contribution is -2.25. The van der Waals surface area contributed by atoms with Crippen LogP contribution in [0.25, 0.3) is 10.2 Å². The van der Waals surface area contributed by atoms with Crippen LogP contribution in [-0.2, 0) is 11.0 Å². The molecule has 1 atom stereocenters. The van der Waals surface area contributed by atoms with Gasteiger partial charge in [0, 0.05) is 0 Å². The summed E-state index contributed by atoms with van der Waals surface area (Å²) in [6.45, 7) is -0.180. The Morgan fingerprint density at radius 1 is 1.34 bits per heavy atom. The van der Waals surface area contributed by atoms with Gasteiger partial charge in [-0.2, -0.15) is 27.1 Å². The molecule has 6 nitrogen and oxygen atoms in total. The maximum atomic E-state index is 13.0. The third kappa shape index (κ3) is 4.50. The van der Waals surface area contributed by atoms with Crippen molar-refractivity contribution in [2.24, 2.45) is 0 Å². The van der Waals surface area contributed by atoms with Gasteiger partial charge in [0.1, 0.15) is 11.8 Å². The topological polar surface area (TPSA) is 69.0 Å². The number of anilines is 1. The van der Waals surface area contributed by atoms with E-state index < -0.39 is 30.4 Å². The van der Waals surface area contributed by atoms with Crippen molar-refractivity contribution in [1.29, 1.82) is 0 Å². The predicted molar refractivity (Wildman–Crippen MR) is 99.3 cm³/mol. The monoisotopic (exact) mass is 498 g/mol. The second kappa shape index (κ2) is 7.86. The Hall–Kier alpha value is -2.28. The van der Waals surface area contributed by atoms with E-state index in [2.05, 4.69) is 36.1 Å². The maximum absolute atomic E-state index is 13.0. The second-order valence-corrected chi connectivity index (χ2v) is 7.71. The zero-order chi connectivity index (χ0) is 21.5. The molecule has 1 aromatic carbocycles. The minimum absolute atomic E-state index is 0.0564. The molecule has 29 heavy (non-hydrogen) atoms. The van der Waals surface area contributed by atoms with Gasteiger partial charge in [0.15, 0.2) is 10.8 Å². The van der Waals surface area contributed by atoms with E-state index in [1.165, 1.54) is 32.0 Å². The third-order valence-electron chi connectivity index (χ3n) is 3.91. The van der Waals surface area contributed by atoms with Gasteiger partial charge in [0.25, 0.3) is 5.91 Å². The van der Waals surface area contributed by atoms with Crippen molar-refractivity contribution < 1.29 is 31.5 Å². The number of nitrogens with one attached hydrogen (secondary N) is 1. The Kier molecular flexibility index (Phi) is 5.81. The number of hydrogen-bond acceptors (Lipinski definition) is 5. The van der Waals surface area contributed by atoms with Crippen LogP contribution in [0.2, 0.25) is 0 Å². The van der Waals surface area contributed by atoms with Crippen molar-refractivity contribution in [3.8, 4) is 5.75 Å². The van der Waals surface area contributed by atoms with E-state index in [1.54, 1.807) is 0 Å². The number of hydrogen-bond donors (Lipinski definition) is 1. The largest absolute Gasteiger partial charge is 0.436 e. The van der Waals surface area contributed by atoms with Gasteiger partial charge in [-0.3, -0.25) is 9.48 Å². The van der Waals surface area contributed by atoms with Crippen LogP contribution in [0.15, 0.2) is 22.7 Å². The Labute approximate surface area is 172 Å². The Balaban J connectivity index is 1.81. The number of thiazole rings is 1. The first-order valence-corrected chi connectivity index (χ1v) is 9.56. The van der Waals surface area contributed by atoms with Crippen molar-refractivity contribution in [3.05, 3.63) is 34.1 Å². The minimum atomic E-state index is -4.67. The molecule has 3 rings (SSSR count). The lowest BCUT2D eigenvalue weighted by Gasteiger charge is -2.13. The summed E-state index contributed by atoms with van der Waals surface area (Å²) in [5.74, 6) is -0.695. The van der Waals surface area contributed by atoms with Gasteiger partial charge in [-0.15, -0.1) is 0 Å². The molecule has 1 unspecified atom stereocenters. The fourth-order valence-electron chi connectivity index (χ4n) is 2.51. The summed E-state index contributed by atoms with van der Waals surface area (Å²) in [6, 6.07) is 3.05. The van der Waals surface area contributed by atoms with Crippen LogP contribution in [-0.4, -0.2) is 27.3 Å². The van der Waals surface area contributed by atoms with Crippen LogP contribution in [0.4, 0.5) is 27.1 Å². The average molecular weight is 499 g/mol. The molecule has 3 aromatic rings. The molecule has 0 saturated heterocycles. The summed E-state index contributed by atoms with van der Waals surface area (Å²) in [4.78, 5) is 16.7. The molecule has 0 bridgehead atoms. The van der Waals surface area contributed by atoms with Gasteiger partial charge < -0.3 is 10.1 Å². The molecular weight excluding hydrogens is 487 g/mol. The summed E-state index contributed by atoms with van der Waals surface area (Å²) < 4.78 is 69.2. The van der Waals surface area contributed by atoms with Crippen LogP contribution in [0, 0.1) is 6.92 Å². The standard InChI is InChI=1S/C16H12BrF5N4O2S/c1-6-11(17)12(16(20,21)22)25-26(6)7(2)13(27)24-15-23-9-4-3-8(28-14(18)19)5-10(9)29-15/h3-5,7,14H,1-2H3,(H,23,24,27). The van der Waals surface area contributed by atoms with E-state index in [4.69, 9.17) is 0 Å². The van der Waals surface area contributed by atoms with E-state index in [-0.39, 0.29) is 21.0 Å². The number of benzene rings is 1. The average Bonchev–Trinajstić information content (AvgIpc) is 3.14. The van der Waals surface area contributed by atoms with Crippen LogP contribution < -0.4 is 10.1 Å². The number of rotatable bonds is 5. The summed E-state index contributed by atoms with van der Waals surface area (Å²) in [5.41, 5.74) is -0.545. The van der Waals surface area contributed by atoms with Crippen molar-refractivity contribution in [3.63, 3.8) is 0 Å². The number of aromatic nitrogens is 3. The number of carbonyl (C=O) groups is 1. The zero-order valence-corrected chi connectivity index (χ0v) is 17.1. The van der Waals surface area contributed by atoms with Crippen LogP contribution >= 0.6 is 27.3 Å². The maximum Gasteiger partial charge on any atom is 0.436 e. The van der Waals surface area contributed by atoms with Gasteiger partial charge in [-0.05, 0) is 48.0 Å². The van der Waals surface area contributed by atoms with Gasteiger partial charge >= 0.3 is 12.8 Å². The molecule has 1 amide bonds. The smallest absolute Gasteiger partial charge is 0.435 e. The lowest BCUT2D eigenvalue weighted by atomic mass is 10.3. The highest BCUT2D eigenvalue weighted by Crippen LogP contribution is 2.36. The third-order valence-corrected chi connectivity index (χ3v) is 5.79. The Morgan fingerprint density at radius 2 is 2.03 bits per heavy atom. The van der Waals surface area contributed by atoms with E-state index in [0.29, 0.717) is 10.2 Å². The molecule has 0 spiro atoms. The number of fused-ring (bicyclic) bond motifs is 1. The molecule has 2 heterocycles. The molecule has 0 aliphatic rings. The highest BCUT2D eigenvalue weighted by Gasteiger charge is 2.39. The fraction of sp³-hybridized carbons (Fsp3) is 0.312. The summed E-state index contributed by atoms with van der Waals surface area (Å²) in [6.07, 6.45) is -4.67. The lowest BCUT2D eigenvalue weighted by molar-refractivity contribution is -0.142. The minimum Gasteiger partial charge on any atom is -0.435 e. The van der Waals surface area contributed by atoms with Gasteiger partial charge in [-0.1, -0.05) is 11.3 Å². The van der Waals surface area contributed by atoms with E-state index >= 15 is 0 Å². The Bertz CT molecular complexity index is 1070. The summed E-state index contributed by atoms with van der Waals surface area (Å²) >= 11 is 3.87. The highest BCUT2D eigenvalue weighted by atomic mass is 79.9. The first kappa shape index (κ1) is 21.4. The molecular formula is C16H12BrF5N4O2S. The number of ether oxygens (including phenoxy) is 1. The first-order valence-electron chi connectivity index (χ1n) is 7.95. The van der Waals surface area contributed by atoms with Crippen molar-refractivity contribution in [1.82, 2.24) is 14.8 Å². The van der Waals surface area contributed by atoms with Crippen LogP contribution in [0.5, 0.6) is 5.75 Å². The molecule has 0 fully saturated rings. The van der Waals surface area contributed by atoms with Crippen molar-refractivity contribution in [2.45, 2.75) is 32.7 Å². The molecule has 1 N–H and O–H groups in total. The normalized spacial score (nSPS) is 13.1. The number of alkyl halides is 5. The number of amides is 1. The molecule has 13 heteroatoms. The second-order valence-electron chi connectivity index (χ2n) is 5.88. The number of nitrogens with zero attached hydrogens (tertiary/aromatic N) is 3. The highest BCUT2D eigenvalue weighted by molar-refractivity contribution is 9.10. The van der Waals surface area contributed by atoms with Crippen LogP contribution in [0.3, 0.4) is 0 Å². The van der Waals surface area contributed by atoms with Gasteiger partial charge in [-0.25, -0.2) is 4.98 Å². The molecule has 156 valence electrons. The Morgan fingerprint density at radius 3 is 2.62 bits per heavy atom. The number of carbonyl (C=O) groups excluding carboxylic acids is 1. The SMILES string of the molecule is Cc1c(Br)c(C(F)(F)F)nn1C(C)C(=O)Nc1nc2ccc(OC(F)F)cc2s1. The van der Waals surface area contributed by atoms with Crippen LogP contribution in [0.1, 0.15) is 24.4 Å². The molecule has 0 aliphatic carbocycles. The van der Waals surface area contributed by atoms with Crippen molar-refractivity contribution >= 4 is 48.5 Å². The van der Waals surface area contributed by atoms with Crippen molar-refractivity contribution in [2.75, 3.05) is 5.32 Å². The molecule has 2 aromatic heterocycles. The predicted octanol–water partition coefficient (Wildman–Crippen LogP) is 5.38. The fourth-order valence-corrected chi connectivity index (χ4v) is 3.90. The van der Waals surface area contributed by atoms with E-state index in [1.807, 2.05) is 0 Å². The number of halogens is 6. The van der Waals surface area contributed by atoms with Gasteiger partial charge in [0.2, 0.25) is 0 Å². The van der Waals surface area contributed by atoms with Gasteiger partial charge in [0.05, 0.1) is 20.4 Å². The summed E-state index contributed by atoms with van der Waals surface area (Å²) in [5, 5.41) is 6.17. The molecule has 0 radical (unpaired) electrons.